The predicted molar refractivity (Wildman–Crippen MR) is 109 cm³/mol. The van der Waals surface area contributed by atoms with Crippen LogP contribution in [-0.2, 0) is 21.9 Å². The lowest BCUT2D eigenvalue weighted by Crippen LogP contribution is -2.48. The first kappa shape index (κ1) is 25.3. The van der Waals surface area contributed by atoms with Crippen LogP contribution in [0.5, 0.6) is 0 Å². The molecule has 2 fully saturated rings. The lowest BCUT2D eigenvalue weighted by Gasteiger charge is -2.37. The first-order valence-corrected chi connectivity index (χ1v) is 11.0. The Labute approximate surface area is 187 Å². The number of alkyl halides is 6. The van der Waals surface area contributed by atoms with E-state index in [0.29, 0.717) is 38.1 Å². The van der Waals surface area contributed by atoms with Crippen molar-refractivity contribution in [1.29, 1.82) is 0 Å². The third-order valence-corrected chi connectivity index (χ3v) is 6.41. The van der Waals surface area contributed by atoms with Crippen LogP contribution < -0.4 is 11.1 Å². The molecule has 3 rings (SSSR count). The highest BCUT2D eigenvalue weighted by atomic mass is 19.4. The second-order valence-electron chi connectivity index (χ2n) is 8.87. The first-order valence-electron chi connectivity index (χ1n) is 11.0. The van der Waals surface area contributed by atoms with Crippen molar-refractivity contribution in [2.24, 2.45) is 17.6 Å². The third-order valence-electron chi connectivity index (χ3n) is 6.41. The van der Waals surface area contributed by atoms with Gasteiger partial charge in [0.25, 0.3) is 0 Å². The van der Waals surface area contributed by atoms with Crippen molar-refractivity contribution in [3.8, 4) is 0 Å². The van der Waals surface area contributed by atoms with Crippen molar-refractivity contribution >= 4 is 17.5 Å². The van der Waals surface area contributed by atoms with Gasteiger partial charge in [-0.3, -0.25) is 9.59 Å². The van der Waals surface area contributed by atoms with Crippen LogP contribution in [0.2, 0.25) is 0 Å². The molecule has 0 bridgehead atoms. The van der Waals surface area contributed by atoms with Gasteiger partial charge in [-0.25, -0.2) is 0 Å². The van der Waals surface area contributed by atoms with Gasteiger partial charge in [-0.2, -0.15) is 26.3 Å². The van der Waals surface area contributed by atoms with Crippen LogP contribution in [0.4, 0.5) is 32.0 Å². The zero-order valence-electron chi connectivity index (χ0n) is 17.9. The Morgan fingerprint density at radius 3 is 1.97 bits per heavy atom. The highest BCUT2D eigenvalue weighted by Gasteiger charge is 2.37. The van der Waals surface area contributed by atoms with Gasteiger partial charge in [0, 0.05) is 31.2 Å². The van der Waals surface area contributed by atoms with E-state index >= 15 is 0 Å². The van der Waals surface area contributed by atoms with Gasteiger partial charge in [0.2, 0.25) is 11.8 Å². The Hall–Kier alpha value is -2.30. The van der Waals surface area contributed by atoms with Gasteiger partial charge < -0.3 is 16.0 Å². The number of nitrogens with zero attached hydrogens (tertiary/aromatic N) is 1. The van der Waals surface area contributed by atoms with Crippen LogP contribution in [0.15, 0.2) is 18.2 Å². The summed E-state index contributed by atoms with van der Waals surface area (Å²) < 4.78 is 77.9. The number of hydrogen-bond acceptors (Lipinski definition) is 3. The monoisotopic (exact) mass is 479 g/mol. The number of carbonyl (C=O) groups excluding carboxylic acids is 2. The molecule has 0 radical (unpaired) electrons. The highest BCUT2D eigenvalue weighted by molar-refractivity contribution is 5.91. The molecule has 2 aliphatic rings. The van der Waals surface area contributed by atoms with Crippen LogP contribution in [0.3, 0.4) is 0 Å². The van der Waals surface area contributed by atoms with Gasteiger partial charge in [-0.15, -0.1) is 0 Å². The van der Waals surface area contributed by atoms with Crippen LogP contribution in [-0.4, -0.2) is 35.8 Å². The SMILES string of the molecule is NC1CCCCC1C(=O)N1CCC(CC(=O)Nc2cc(C(F)(F)F)cc(C(F)(F)F)c2)CC1. The number of halogens is 6. The number of carbonyl (C=O) groups is 2. The molecule has 2 atom stereocenters. The Morgan fingerprint density at radius 1 is 0.909 bits per heavy atom. The Bertz CT molecular complexity index is 830. The molecule has 1 saturated carbocycles. The first-order chi connectivity index (χ1) is 15.3. The van der Waals surface area contributed by atoms with E-state index in [1.807, 2.05) is 0 Å². The number of nitrogens with one attached hydrogen (secondary N) is 1. The molecule has 11 heteroatoms. The van der Waals surface area contributed by atoms with Gasteiger partial charge in [0.15, 0.2) is 0 Å². The molecule has 1 heterocycles. The minimum absolute atomic E-state index is 0.0145. The van der Waals surface area contributed by atoms with E-state index in [0.717, 1.165) is 25.7 Å². The maximum Gasteiger partial charge on any atom is 0.416 e. The summed E-state index contributed by atoms with van der Waals surface area (Å²) in [5.74, 6) is -0.959. The summed E-state index contributed by atoms with van der Waals surface area (Å²) >= 11 is 0. The van der Waals surface area contributed by atoms with E-state index in [1.165, 1.54) is 0 Å². The largest absolute Gasteiger partial charge is 0.416 e. The maximum atomic E-state index is 13.0. The fourth-order valence-corrected chi connectivity index (χ4v) is 4.56. The summed E-state index contributed by atoms with van der Waals surface area (Å²) in [6.07, 6.45) is -5.41. The summed E-state index contributed by atoms with van der Waals surface area (Å²) in [5.41, 5.74) is 2.56. The summed E-state index contributed by atoms with van der Waals surface area (Å²) in [5, 5.41) is 2.17. The standard InChI is InChI=1S/C22H27F6N3O2/c23-21(24,25)14-10-15(22(26,27)28)12-16(11-14)30-19(32)9-13-5-7-31(8-6-13)20(33)17-3-1-2-4-18(17)29/h10-13,17-18H,1-9,29H2,(H,30,32). The van der Waals surface area contributed by atoms with Crippen LogP contribution >= 0.6 is 0 Å². The quantitative estimate of drug-likeness (QED) is 0.609. The van der Waals surface area contributed by atoms with E-state index in [1.54, 1.807) is 4.90 Å². The molecule has 1 aliphatic carbocycles. The number of nitrogens with two attached hydrogens (primary N) is 1. The molecule has 0 spiro atoms. The van der Waals surface area contributed by atoms with Crippen LogP contribution in [0, 0.1) is 11.8 Å². The van der Waals surface area contributed by atoms with E-state index in [2.05, 4.69) is 5.32 Å². The van der Waals surface area contributed by atoms with Crippen molar-refractivity contribution < 1.29 is 35.9 Å². The fraction of sp³-hybridized carbons (Fsp3) is 0.636. The number of benzene rings is 1. The molecule has 1 aliphatic heterocycles. The molecule has 1 saturated heterocycles. The van der Waals surface area contributed by atoms with Crippen molar-refractivity contribution in [1.82, 2.24) is 4.90 Å². The van der Waals surface area contributed by atoms with Crippen molar-refractivity contribution in [3.05, 3.63) is 29.3 Å². The summed E-state index contributed by atoms with van der Waals surface area (Å²) in [4.78, 5) is 26.8. The number of amides is 2. The third kappa shape index (κ3) is 6.61. The van der Waals surface area contributed by atoms with Crippen molar-refractivity contribution in [3.63, 3.8) is 0 Å². The Kier molecular flexibility index (Phi) is 7.60. The number of anilines is 1. The number of rotatable bonds is 4. The smallest absolute Gasteiger partial charge is 0.342 e. The Morgan fingerprint density at radius 2 is 1.45 bits per heavy atom. The molecule has 33 heavy (non-hydrogen) atoms. The van der Waals surface area contributed by atoms with Crippen LogP contribution in [0.25, 0.3) is 0 Å². The molecule has 3 N–H and O–H groups in total. The predicted octanol–water partition coefficient (Wildman–Crippen LogP) is 4.81. The van der Waals surface area contributed by atoms with E-state index in [-0.39, 0.29) is 36.3 Å². The summed E-state index contributed by atoms with van der Waals surface area (Å²) in [6.45, 7) is 0.892. The lowest BCUT2D eigenvalue weighted by molar-refractivity contribution is -0.143. The number of piperidine rings is 1. The maximum absolute atomic E-state index is 13.0. The minimum atomic E-state index is -4.99. The second-order valence-corrected chi connectivity index (χ2v) is 8.87. The molecule has 2 unspecified atom stereocenters. The average Bonchev–Trinajstić information content (AvgIpc) is 2.72. The zero-order chi connectivity index (χ0) is 24.4. The molecule has 1 aromatic carbocycles. The van der Waals surface area contributed by atoms with Crippen molar-refractivity contribution in [2.45, 2.75) is 63.3 Å². The van der Waals surface area contributed by atoms with Gasteiger partial charge in [-0.1, -0.05) is 12.8 Å². The zero-order valence-corrected chi connectivity index (χ0v) is 17.9. The normalized spacial score (nSPS) is 22.8. The topological polar surface area (TPSA) is 75.4 Å². The molecule has 1 aromatic rings. The van der Waals surface area contributed by atoms with Crippen molar-refractivity contribution in [2.75, 3.05) is 18.4 Å². The van der Waals surface area contributed by atoms with Gasteiger partial charge >= 0.3 is 12.4 Å². The van der Waals surface area contributed by atoms with E-state index < -0.39 is 35.1 Å². The molecule has 184 valence electrons. The van der Waals surface area contributed by atoms with E-state index in [9.17, 15) is 35.9 Å². The summed E-state index contributed by atoms with van der Waals surface area (Å²) in [6, 6.07) is 0.841. The Balaban J connectivity index is 1.57. The fourth-order valence-electron chi connectivity index (χ4n) is 4.56. The molecular weight excluding hydrogens is 452 g/mol. The van der Waals surface area contributed by atoms with E-state index in [4.69, 9.17) is 5.73 Å². The summed E-state index contributed by atoms with van der Waals surface area (Å²) in [7, 11) is 0. The average molecular weight is 479 g/mol. The van der Waals surface area contributed by atoms with Gasteiger partial charge in [-0.05, 0) is 49.8 Å². The molecule has 5 nitrogen and oxygen atoms in total. The minimum Gasteiger partial charge on any atom is -0.342 e. The highest BCUT2D eigenvalue weighted by Crippen LogP contribution is 2.37. The molecular formula is C22H27F6N3O2. The van der Waals surface area contributed by atoms with Gasteiger partial charge in [0.05, 0.1) is 17.0 Å². The van der Waals surface area contributed by atoms with Gasteiger partial charge in [0.1, 0.15) is 0 Å². The number of likely N-dealkylation sites (tertiary alicyclic amines) is 1. The second kappa shape index (κ2) is 9.90. The number of hydrogen-bond donors (Lipinski definition) is 2. The van der Waals surface area contributed by atoms with Crippen LogP contribution in [0.1, 0.15) is 56.1 Å². The molecule has 0 aromatic heterocycles. The lowest BCUT2D eigenvalue weighted by atomic mass is 9.83. The molecule has 2 amide bonds.